The zero-order chi connectivity index (χ0) is 18.9. The van der Waals surface area contributed by atoms with Gasteiger partial charge in [0.2, 0.25) is 10.0 Å². The third-order valence-electron chi connectivity index (χ3n) is 4.03. The first kappa shape index (κ1) is 18.5. The lowest BCUT2D eigenvalue weighted by Gasteiger charge is -2.16. The van der Waals surface area contributed by atoms with Crippen LogP contribution in [0, 0.1) is 11.3 Å². The van der Waals surface area contributed by atoms with Crippen molar-refractivity contribution in [1.82, 2.24) is 9.29 Å². The molecule has 0 radical (unpaired) electrons. The molecule has 0 saturated carbocycles. The van der Waals surface area contributed by atoms with E-state index in [0.29, 0.717) is 10.6 Å². The third kappa shape index (κ3) is 3.34. The summed E-state index contributed by atoms with van der Waals surface area (Å²) in [7, 11) is -0.628. The second kappa shape index (κ2) is 7.13. The lowest BCUT2D eigenvalue weighted by atomic mass is 9.97. The molecule has 2 unspecified atom stereocenters. The van der Waals surface area contributed by atoms with Gasteiger partial charge in [-0.1, -0.05) is 24.3 Å². The first-order chi connectivity index (χ1) is 12.3. The van der Waals surface area contributed by atoms with Crippen LogP contribution in [-0.2, 0) is 10.0 Å². The molecule has 3 aromatic rings. The van der Waals surface area contributed by atoms with Crippen molar-refractivity contribution in [2.24, 2.45) is 0 Å². The number of nitriles is 1. The Labute approximate surface area is 156 Å². The van der Waals surface area contributed by atoms with E-state index in [9.17, 15) is 18.8 Å². The number of fused-ring (bicyclic) bond motifs is 1. The van der Waals surface area contributed by atoms with Gasteiger partial charge in [-0.3, -0.25) is 0 Å². The molecule has 6 nitrogen and oxygen atoms in total. The molecule has 2 aromatic carbocycles. The number of aliphatic hydroxyl groups excluding tert-OH is 1. The van der Waals surface area contributed by atoms with Gasteiger partial charge in [-0.15, -0.1) is 11.3 Å². The van der Waals surface area contributed by atoms with Crippen molar-refractivity contribution < 1.29 is 13.5 Å². The normalized spacial score (nSPS) is 14.3. The highest BCUT2D eigenvalue weighted by Crippen LogP contribution is 2.35. The molecule has 26 heavy (non-hydrogen) atoms. The molecule has 0 amide bonds. The van der Waals surface area contributed by atoms with Crippen molar-refractivity contribution in [1.29, 1.82) is 5.26 Å². The number of benzene rings is 2. The highest BCUT2D eigenvalue weighted by Gasteiger charge is 2.26. The molecule has 8 heteroatoms. The number of nitrogens with zero attached hydrogens (tertiary/aromatic N) is 3. The van der Waals surface area contributed by atoms with Gasteiger partial charge in [-0.25, -0.2) is 17.7 Å². The Balaban J connectivity index is 1.92. The van der Waals surface area contributed by atoms with E-state index in [4.69, 9.17) is 0 Å². The van der Waals surface area contributed by atoms with Gasteiger partial charge in [0.15, 0.2) is 0 Å². The second-order valence-electron chi connectivity index (χ2n) is 5.93. The van der Waals surface area contributed by atoms with Crippen LogP contribution >= 0.6 is 11.3 Å². The molecule has 3 rings (SSSR count). The summed E-state index contributed by atoms with van der Waals surface area (Å²) in [5, 5.41) is 20.7. The summed E-state index contributed by atoms with van der Waals surface area (Å²) in [6.45, 7) is 0. The molecule has 0 aliphatic carbocycles. The number of hydrogen-bond donors (Lipinski definition) is 1. The minimum absolute atomic E-state index is 0.131. The number of rotatable bonds is 5. The molecule has 0 bridgehead atoms. The molecule has 1 aromatic heterocycles. The van der Waals surface area contributed by atoms with E-state index in [0.717, 1.165) is 14.5 Å². The van der Waals surface area contributed by atoms with Crippen molar-refractivity contribution in [2.75, 3.05) is 14.1 Å². The zero-order valence-electron chi connectivity index (χ0n) is 14.2. The van der Waals surface area contributed by atoms with Crippen LogP contribution in [-0.4, -0.2) is 36.9 Å². The summed E-state index contributed by atoms with van der Waals surface area (Å²) in [4.78, 5) is 4.58. The fourth-order valence-corrected chi connectivity index (χ4v) is 4.47. The minimum atomic E-state index is -3.54. The highest BCUT2D eigenvalue weighted by atomic mass is 32.2. The van der Waals surface area contributed by atoms with Crippen LogP contribution in [0.25, 0.3) is 10.2 Å². The number of hydrogen-bond acceptors (Lipinski definition) is 6. The molecular formula is C18H17N3O3S2. The second-order valence-corrected chi connectivity index (χ2v) is 9.14. The van der Waals surface area contributed by atoms with Crippen LogP contribution in [0.3, 0.4) is 0 Å². The Morgan fingerprint density at radius 1 is 1.15 bits per heavy atom. The Bertz CT molecular complexity index is 1030. The maximum absolute atomic E-state index is 12.1. The van der Waals surface area contributed by atoms with Crippen LogP contribution < -0.4 is 0 Å². The molecular weight excluding hydrogens is 370 g/mol. The molecule has 1 heterocycles. The number of aliphatic hydroxyl groups is 1. The monoisotopic (exact) mass is 387 g/mol. The lowest BCUT2D eigenvalue weighted by Crippen LogP contribution is -2.22. The van der Waals surface area contributed by atoms with Crippen LogP contribution in [0.5, 0.6) is 0 Å². The molecule has 0 fully saturated rings. The van der Waals surface area contributed by atoms with Gasteiger partial charge >= 0.3 is 0 Å². The average molecular weight is 387 g/mol. The van der Waals surface area contributed by atoms with Crippen LogP contribution in [0.4, 0.5) is 0 Å². The van der Waals surface area contributed by atoms with Gasteiger partial charge in [0, 0.05) is 14.1 Å². The van der Waals surface area contributed by atoms with E-state index < -0.39 is 22.0 Å². The maximum atomic E-state index is 12.1. The topological polar surface area (TPSA) is 94.3 Å². The summed E-state index contributed by atoms with van der Waals surface area (Å²) in [5.41, 5.74) is 1.25. The maximum Gasteiger partial charge on any atom is 0.242 e. The predicted molar refractivity (Wildman–Crippen MR) is 100 cm³/mol. The van der Waals surface area contributed by atoms with Crippen LogP contribution in [0.15, 0.2) is 53.4 Å². The van der Waals surface area contributed by atoms with E-state index in [1.54, 1.807) is 0 Å². The van der Waals surface area contributed by atoms with Crippen molar-refractivity contribution >= 4 is 31.6 Å². The minimum Gasteiger partial charge on any atom is -0.387 e. The lowest BCUT2D eigenvalue weighted by molar-refractivity contribution is 0.164. The van der Waals surface area contributed by atoms with Crippen molar-refractivity contribution in [3.8, 4) is 6.07 Å². The van der Waals surface area contributed by atoms with E-state index in [1.165, 1.54) is 49.7 Å². The SMILES string of the molecule is CN(C)S(=O)(=O)c1ccc(C(O)C(C#N)c2nc3ccccc3s2)cc1. The molecule has 0 spiro atoms. The molecule has 1 N–H and O–H groups in total. The fourth-order valence-electron chi connectivity index (χ4n) is 2.52. The van der Waals surface area contributed by atoms with Crippen molar-refractivity contribution in [2.45, 2.75) is 16.9 Å². The van der Waals surface area contributed by atoms with Gasteiger partial charge < -0.3 is 5.11 Å². The molecule has 0 aliphatic rings. The first-order valence-corrected chi connectivity index (χ1v) is 10.1. The number of sulfonamides is 1. The van der Waals surface area contributed by atoms with Gasteiger partial charge in [0.05, 0.1) is 21.2 Å². The van der Waals surface area contributed by atoms with E-state index in [-0.39, 0.29) is 4.90 Å². The summed E-state index contributed by atoms with van der Waals surface area (Å²) < 4.78 is 26.3. The number of thiazole rings is 1. The Hall–Kier alpha value is -2.31. The number of para-hydroxylation sites is 1. The van der Waals surface area contributed by atoms with Crippen molar-refractivity contribution in [3.63, 3.8) is 0 Å². The fraction of sp³-hybridized carbons (Fsp3) is 0.222. The van der Waals surface area contributed by atoms with Gasteiger partial charge in [0.25, 0.3) is 0 Å². The molecule has 2 atom stereocenters. The van der Waals surface area contributed by atoms with Crippen molar-refractivity contribution in [3.05, 3.63) is 59.1 Å². The van der Waals surface area contributed by atoms with E-state index in [2.05, 4.69) is 11.1 Å². The average Bonchev–Trinajstić information content (AvgIpc) is 3.05. The standard InChI is InChI=1S/C18H17N3O3S2/c1-21(2)26(23,24)13-9-7-12(8-10-13)17(22)14(11-19)18-20-15-5-3-4-6-16(15)25-18/h3-10,14,17,22H,1-2H3. The third-order valence-corrected chi connectivity index (χ3v) is 6.98. The molecule has 134 valence electrons. The quantitative estimate of drug-likeness (QED) is 0.726. The van der Waals surface area contributed by atoms with E-state index >= 15 is 0 Å². The number of aromatic nitrogens is 1. The Kier molecular flexibility index (Phi) is 5.07. The largest absolute Gasteiger partial charge is 0.387 e. The van der Waals surface area contributed by atoms with Gasteiger partial charge in [-0.05, 0) is 29.8 Å². The summed E-state index contributed by atoms with van der Waals surface area (Å²) in [6, 6.07) is 15.6. The Morgan fingerprint density at radius 2 is 1.81 bits per heavy atom. The van der Waals surface area contributed by atoms with Crippen LogP contribution in [0.1, 0.15) is 22.6 Å². The van der Waals surface area contributed by atoms with Gasteiger partial charge in [-0.2, -0.15) is 5.26 Å². The Morgan fingerprint density at radius 3 is 2.38 bits per heavy atom. The first-order valence-electron chi connectivity index (χ1n) is 7.80. The predicted octanol–water partition coefficient (Wildman–Crippen LogP) is 2.89. The smallest absolute Gasteiger partial charge is 0.242 e. The zero-order valence-corrected chi connectivity index (χ0v) is 15.8. The highest BCUT2D eigenvalue weighted by molar-refractivity contribution is 7.89. The summed E-state index contributed by atoms with van der Waals surface area (Å²) >= 11 is 1.37. The molecule has 0 aliphatic heterocycles. The van der Waals surface area contributed by atoms with Gasteiger partial charge in [0.1, 0.15) is 17.0 Å². The molecule has 0 saturated heterocycles. The van der Waals surface area contributed by atoms with E-state index in [1.807, 2.05) is 24.3 Å². The summed E-state index contributed by atoms with van der Waals surface area (Å²) in [6.07, 6.45) is -1.10. The summed E-state index contributed by atoms with van der Waals surface area (Å²) in [5.74, 6) is -0.830. The van der Waals surface area contributed by atoms with Crippen LogP contribution in [0.2, 0.25) is 0 Å².